The maximum atomic E-state index is 12.4. The molecule has 1 aliphatic rings. The predicted molar refractivity (Wildman–Crippen MR) is 92.7 cm³/mol. The molecule has 2 amide bonds. The van der Waals surface area contributed by atoms with Crippen molar-refractivity contribution in [1.29, 1.82) is 0 Å². The van der Waals surface area contributed by atoms with Crippen LogP contribution in [0.15, 0.2) is 29.4 Å². The number of nitrogens with one attached hydrogen (secondary N) is 1. The topological polar surface area (TPSA) is 71.0 Å². The molecule has 1 aliphatic heterocycles. The Bertz CT molecular complexity index is 640. The molecule has 0 aliphatic carbocycles. The van der Waals surface area contributed by atoms with Crippen LogP contribution in [0.1, 0.15) is 31.4 Å². The van der Waals surface area contributed by atoms with Crippen LogP contribution in [0.5, 0.6) is 0 Å². The number of carbonyl (C=O) groups is 2. The van der Waals surface area contributed by atoms with E-state index in [1.165, 1.54) is 4.90 Å². The summed E-state index contributed by atoms with van der Waals surface area (Å²) in [6.45, 7) is 6.66. The number of nitrogens with zero attached hydrogens (tertiary/aromatic N) is 2. The lowest BCUT2D eigenvalue weighted by atomic mass is 10.00. The molecule has 2 rings (SSSR count). The molecule has 0 unspecified atom stereocenters. The van der Waals surface area contributed by atoms with Crippen LogP contribution in [0, 0.1) is 12.8 Å². The van der Waals surface area contributed by atoms with Gasteiger partial charge < -0.3 is 15.1 Å². The fourth-order valence-corrected chi connectivity index (χ4v) is 2.48. The maximum Gasteiger partial charge on any atom is 0.267 e. The van der Waals surface area contributed by atoms with Gasteiger partial charge >= 0.3 is 0 Å². The summed E-state index contributed by atoms with van der Waals surface area (Å²) in [7, 11) is 1.60. The largest absolute Gasteiger partial charge is 0.382 e. The van der Waals surface area contributed by atoms with E-state index in [-0.39, 0.29) is 18.4 Å². The van der Waals surface area contributed by atoms with Crippen LogP contribution in [-0.4, -0.2) is 48.7 Å². The zero-order valence-corrected chi connectivity index (χ0v) is 14.7. The van der Waals surface area contributed by atoms with Gasteiger partial charge in [0, 0.05) is 25.6 Å². The van der Waals surface area contributed by atoms with E-state index >= 15 is 0 Å². The quantitative estimate of drug-likeness (QED) is 0.863. The van der Waals surface area contributed by atoms with Crippen molar-refractivity contribution in [3.63, 3.8) is 0 Å². The molecule has 6 heteroatoms. The summed E-state index contributed by atoms with van der Waals surface area (Å²) in [4.78, 5) is 30.9. The standard InChI is InChI=1S/C18H25N3O3/c1-12(2)10-19-17(22)11-21(4)18(23)16-9-15(20-24-16)14-8-6-5-7-13(14)3/h5-8,12,16H,9-11H2,1-4H3,(H,19,22)/t16-/m1/s1. The number of aryl methyl sites for hydroxylation is 1. The molecule has 1 aromatic rings. The predicted octanol–water partition coefficient (Wildman–Crippen LogP) is 1.72. The lowest BCUT2D eigenvalue weighted by Gasteiger charge is -2.19. The summed E-state index contributed by atoms with van der Waals surface area (Å²) in [5.74, 6) is -0.0298. The third kappa shape index (κ3) is 4.57. The first-order valence-electron chi connectivity index (χ1n) is 8.19. The highest BCUT2D eigenvalue weighted by molar-refractivity contribution is 6.05. The van der Waals surface area contributed by atoms with Crippen molar-refractivity contribution < 1.29 is 14.4 Å². The third-order valence-electron chi connectivity index (χ3n) is 3.86. The van der Waals surface area contributed by atoms with Crippen molar-refractivity contribution in [2.45, 2.75) is 33.3 Å². The van der Waals surface area contributed by atoms with E-state index in [0.717, 1.165) is 16.8 Å². The van der Waals surface area contributed by atoms with Gasteiger partial charge in [0.15, 0.2) is 0 Å². The summed E-state index contributed by atoms with van der Waals surface area (Å²) < 4.78 is 0. The number of amides is 2. The minimum atomic E-state index is -0.664. The number of carbonyl (C=O) groups excluding carboxylic acids is 2. The highest BCUT2D eigenvalue weighted by Gasteiger charge is 2.32. The van der Waals surface area contributed by atoms with Gasteiger partial charge in [-0.05, 0) is 18.4 Å². The van der Waals surface area contributed by atoms with Gasteiger partial charge in [0.25, 0.3) is 5.91 Å². The fourth-order valence-electron chi connectivity index (χ4n) is 2.48. The molecule has 1 atom stereocenters. The molecule has 1 N–H and O–H groups in total. The monoisotopic (exact) mass is 331 g/mol. The molecule has 24 heavy (non-hydrogen) atoms. The van der Waals surface area contributed by atoms with Crippen molar-refractivity contribution in [1.82, 2.24) is 10.2 Å². The van der Waals surface area contributed by atoms with Gasteiger partial charge in [0.1, 0.15) is 0 Å². The molecule has 1 heterocycles. The van der Waals surface area contributed by atoms with Crippen LogP contribution in [0.4, 0.5) is 0 Å². The van der Waals surface area contributed by atoms with Crippen LogP contribution in [0.2, 0.25) is 0 Å². The fraction of sp³-hybridized carbons (Fsp3) is 0.500. The van der Waals surface area contributed by atoms with Gasteiger partial charge in [-0.2, -0.15) is 0 Å². The zero-order chi connectivity index (χ0) is 17.7. The second-order valence-electron chi connectivity index (χ2n) is 6.54. The highest BCUT2D eigenvalue weighted by Crippen LogP contribution is 2.20. The van der Waals surface area contributed by atoms with E-state index in [2.05, 4.69) is 10.5 Å². The van der Waals surface area contributed by atoms with E-state index in [0.29, 0.717) is 18.9 Å². The smallest absolute Gasteiger partial charge is 0.267 e. The lowest BCUT2D eigenvalue weighted by Crippen LogP contribution is -2.43. The summed E-state index contributed by atoms with van der Waals surface area (Å²) in [5, 5.41) is 6.86. The zero-order valence-electron chi connectivity index (χ0n) is 14.7. The van der Waals surface area contributed by atoms with Crippen molar-refractivity contribution in [2.75, 3.05) is 20.1 Å². The molecule has 130 valence electrons. The molecule has 0 saturated carbocycles. The Hall–Kier alpha value is -2.37. The molecule has 0 radical (unpaired) electrons. The maximum absolute atomic E-state index is 12.4. The number of benzene rings is 1. The number of likely N-dealkylation sites (N-methyl/N-ethyl adjacent to an activating group) is 1. The molecule has 6 nitrogen and oxygen atoms in total. The van der Waals surface area contributed by atoms with Crippen LogP contribution in [0.3, 0.4) is 0 Å². The Morgan fingerprint density at radius 1 is 1.38 bits per heavy atom. The lowest BCUT2D eigenvalue weighted by molar-refractivity contribution is -0.143. The van der Waals surface area contributed by atoms with Crippen LogP contribution in [-0.2, 0) is 14.4 Å². The first-order chi connectivity index (χ1) is 11.4. The van der Waals surface area contributed by atoms with E-state index in [1.54, 1.807) is 7.05 Å². The van der Waals surface area contributed by atoms with Crippen LogP contribution in [0.25, 0.3) is 0 Å². The molecule has 0 saturated heterocycles. The first kappa shape index (κ1) is 18.0. The third-order valence-corrected chi connectivity index (χ3v) is 3.86. The molecular weight excluding hydrogens is 306 g/mol. The van der Waals surface area contributed by atoms with Gasteiger partial charge in [0.2, 0.25) is 12.0 Å². The number of hydrogen-bond donors (Lipinski definition) is 1. The molecule has 0 aromatic heterocycles. The summed E-state index contributed by atoms with van der Waals surface area (Å²) in [6.07, 6.45) is -0.246. The molecule has 0 fully saturated rings. The van der Waals surface area contributed by atoms with Crippen LogP contribution >= 0.6 is 0 Å². The van der Waals surface area contributed by atoms with Crippen molar-refractivity contribution >= 4 is 17.5 Å². The van der Waals surface area contributed by atoms with Crippen LogP contribution < -0.4 is 5.32 Å². The second-order valence-corrected chi connectivity index (χ2v) is 6.54. The minimum Gasteiger partial charge on any atom is -0.382 e. The van der Waals surface area contributed by atoms with Crippen molar-refractivity contribution in [3.8, 4) is 0 Å². The molecule has 1 aromatic carbocycles. The summed E-state index contributed by atoms with van der Waals surface area (Å²) in [5.41, 5.74) is 2.85. The summed E-state index contributed by atoms with van der Waals surface area (Å²) >= 11 is 0. The van der Waals surface area contributed by atoms with Gasteiger partial charge in [-0.15, -0.1) is 0 Å². The van der Waals surface area contributed by atoms with E-state index < -0.39 is 6.10 Å². The molecule has 0 bridgehead atoms. The van der Waals surface area contributed by atoms with Gasteiger partial charge in [0.05, 0.1) is 12.3 Å². The van der Waals surface area contributed by atoms with E-state index in [1.807, 2.05) is 45.0 Å². The van der Waals surface area contributed by atoms with E-state index in [4.69, 9.17) is 4.84 Å². The normalized spacial score (nSPS) is 16.5. The highest BCUT2D eigenvalue weighted by atomic mass is 16.6. The molecular formula is C18H25N3O3. The van der Waals surface area contributed by atoms with E-state index in [9.17, 15) is 9.59 Å². The van der Waals surface area contributed by atoms with Gasteiger partial charge in [-0.3, -0.25) is 9.59 Å². The van der Waals surface area contributed by atoms with Crippen molar-refractivity contribution in [2.24, 2.45) is 11.1 Å². The van der Waals surface area contributed by atoms with Gasteiger partial charge in [-0.1, -0.05) is 43.3 Å². The Morgan fingerprint density at radius 3 is 2.75 bits per heavy atom. The molecule has 0 spiro atoms. The average Bonchev–Trinajstić information content (AvgIpc) is 3.02. The Kier molecular flexibility index (Phi) is 5.95. The average molecular weight is 331 g/mol. The number of oxime groups is 1. The summed E-state index contributed by atoms with van der Waals surface area (Å²) in [6, 6.07) is 7.86. The second kappa shape index (κ2) is 7.95. The van der Waals surface area contributed by atoms with Crippen molar-refractivity contribution in [3.05, 3.63) is 35.4 Å². The SMILES string of the molecule is Cc1ccccc1C1=NO[C@@H](C(=O)N(C)CC(=O)NCC(C)C)C1. The Morgan fingerprint density at radius 2 is 2.08 bits per heavy atom. The Balaban J connectivity index is 1.88. The number of hydrogen-bond acceptors (Lipinski definition) is 4. The first-order valence-corrected chi connectivity index (χ1v) is 8.19. The van der Waals surface area contributed by atoms with Gasteiger partial charge in [-0.25, -0.2) is 0 Å². The number of rotatable bonds is 6. The minimum absolute atomic E-state index is 0.0190. The Labute approximate surface area is 142 Å².